The van der Waals surface area contributed by atoms with Crippen LogP contribution in [-0.2, 0) is 12.0 Å². The molecule has 0 unspecified atom stereocenters. The third-order valence-corrected chi connectivity index (χ3v) is 7.17. The SMILES string of the molecule is COc1ccc(CN(C)c2cc3ncc(-c4cc(NC(=O)c5cc(C(C)(C)C#N)ccn5)cnc4C)cc3cn2)cc1. The summed E-state index contributed by atoms with van der Waals surface area (Å²) >= 11 is 0. The monoisotopic (exact) mass is 557 g/mol. The number of carbonyl (C=O) groups is 1. The lowest BCUT2D eigenvalue weighted by atomic mass is 9.86. The molecular formula is C33H31N7O2. The van der Waals surface area contributed by atoms with Crippen LogP contribution in [0.2, 0.25) is 0 Å². The van der Waals surface area contributed by atoms with E-state index in [-0.39, 0.29) is 11.6 Å². The number of rotatable bonds is 8. The van der Waals surface area contributed by atoms with E-state index in [2.05, 4.69) is 31.2 Å². The van der Waals surface area contributed by atoms with E-state index in [0.29, 0.717) is 12.2 Å². The van der Waals surface area contributed by atoms with E-state index < -0.39 is 5.41 Å². The number of nitriles is 1. The first-order valence-electron chi connectivity index (χ1n) is 13.4. The van der Waals surface area contributed by atoms with Crippen LogP contribution in [0.5, 0.6) is 5.75 Å². The molecular weight excluding hydrogens is 526 g/mol. The molecule has 0 fully saturated rings. The van der Waals surface area contributed by atoms with Crippen molar-refractivity contribution < 1.29 is 9.53 Å². The molecule has 4 heterocycles. The quantitative estimate of drug-likeness (QED) is 0.243. The molecule has 9 nitrogen and oxygen atoms in total. The molecule has 1 N–H and O–H groups in total. The molecule has 1 amide bonds. The van der Waals surface area contributed by atoms with Crippen molar-refractivity contribution in [2.24, 2.45) is 0 Å². The molecule has 42 heavy (non-hydrogen) atoms. The number of hydrogen-bond acceptors (Lipinski definition) is 8. The minimum atomic E-state index is -0.735. The van der Waals surface area contributed by atoms with Gasteiger partial charge in [-0.1, -0.05) is 12.1 Å². The molecule has 9 heteroatoms. The van der Waals surface area contributed by atoms with Crippen LogP contribution in [-0.4, -0.2) is 40.0 Å². The van der Waals surface area contributed by atoms with E-state index in [9.17, 15) is 10.1 Å². The van der Waals surface area contributed by atoms with Gasteiger partial charge in [0.2, 0.25) is 0 Å². The molecule has 0 aliphatic carbocycles. The van der Waals surface area contributed by atoms with Crippen LogP contribution in [0.1, 0.15) is 41.2 Å². The zero-order valence-electron chi connectivity index (χ0n) is 24.2. The summed E-state index contributed by atoms with van der Waals surface area (Å²) in [6.07, 6.45) is 6.78. The molecule has 4 aromatic heterocycles. The maximum Gasteiger partial charge on any atom is 0.274 e. The fraction of sp³-hybridized carbons (Fsp3) is 0.212. The molecule has 0 spiro atoms. The smallest absolute Gasteiger partial charge is 0.274 e. The van der Waals surface area contributed by atoms with E-state index in [0.717, 1.165) is 50.4 Å². The maximum absolute atomic E-state index is 13.0. The Labute approximate surface area is 244 Å². The van der Waals surface area contributed by atoms with Gasteiger partial charge in [-0.3, -0.25) is 19.7 Å². The van der Waals surface area contributed by atoms with Crippen LogP contribution in [0.3, 0.4) is 0 Å². The molecule has 0 bridgehead atoms. The molecule has 0 saturated heterocycles. The Kier molecular flexibility index (Phi) is 7.80. The third kappa shape index (κ3) is 6.03. The molecule has 210 valence electrons. The van der Waals surface area contributed by atoms with Gasteiger partial charge in [-0.2, -0.15) is 5.26 Å². The highest BCUT2D eigenvalue weighted by molar-refractivity contribution is 6.03. The van der Waals surface area contributed by atoms with E-state index in [4.69, 9.17) is 9.72 Å². The Hall–Kier alpha value is -5.36. The minimum Gasteiger partial charge on any atom is -0.497 e. The molecule has 0 atom stereocenters. The summed E-state index contributed by atoms with van der Waals surface area (Å²) in [4.78, 5) is 33.2. The standard InChI is InChI=1S/C33H31N7O2/c1-21-28(14-26(18-36-21)39-32(41)30-13-25(10-11-35-30)33(2,3)20-34)23-12-24-17-38-31(15-29(24)37-16-23)40(4)19-22-6-8-27(42-5)9-7-22/h6-18H,19H2,1-5H3,(H,39,41). The number of pyridine rings is 4. The van der Waals surface area contributed by atoms with Gasteiger partial charge in [-0.15, -0.1) is 0 Å². The van der Waals surface area contributed by atoms with Gasteiger partial charge in [0.05, 0.1) is 36.0 Å². The number of anilines is 2. The summed E-state index contributed by atoms with van der Waals surface area (Å²) < 4.78 is 5.25. The predicted molar refractivity (Wildman–Crippen MR) is 163 cm³/mol. The highest BCUT2D eigenvalue weighted by Crippen LogP contribution is 2.29. The average molecular weight is 558 g/mol. The largest absolute Gasteiger partial charge is 0.497 e. The molecule has 5 rings (SSSR count). The minimum absolute atomic E-state index is 0.226. The fourth-order valence-electron chi connectivity index (χ4n) is 4.55. The summed E-state index contributed by atoms with van der Waals surface area (Å²) in [6.45, 7) is 6.21. The van der Waals surface area contributed by atoms with Crippen LogP contribution < -0.4 is 15.0 Å². The van der Waals surface area contributed by atoms with Crippen molar-refractivity contribution in [2.75, 3.05) is 24.4 Å². The molecule has 0 radical (unpaired) electrons. The van der Waals surface area contributed by atoms with Crippen molar-refractivity contribution in [3.63, 3.8) is 0 Å². The van der Waals surface area contributed by atoms with Crippen LogP contribution >= 0.6 is 0 Å². The zero-order valence-corrected chi connectivity index (χ0v) is 24.2. The number of hydrogen-bond donors (Lipinski definition) is 1. The normalized spacial score (nSPS) is 11.1. The van der Waals surface area contributed by atoms with Crippen molar-refractivity contribution in [2.45, 2.75) is 32.7 Å². The number of benzene rings is 1. The Morgan fingerprint density at radius 1 is 1.00 bits per heavy atom. The summed E-state index contributed by atoms with van der Waals surface area (Å²) in [5.74, 6) is 1.26. The number of aromatic nitrogens is 4. The summed E-state index contributed by atoms with van der Waals surface area (Å²) in [5.41, 5.74) is 5.22. The second kappa shape index (κ2) is 11.6. The van der Waals surface area contributed by atoms with Crippen molar-refractivity contribution >= 4 is 28.3 Å². The molecule has 0 aliphatic heterocycles. The molecule has 0 aliphatic rings. The highest BCUT2D eigenvalue weighted by Gasteiger charge is 2.21. The lowest BCUT2D eigenvalue weighted by Crippen LogP contribution is -2.18. The van der Waals surface area contributed by atoms with Crippen LogP contribution in [0.4, 0.5) is 11.5 Å². The highest BCUT2D eigenvalue weighted by atomic mass is 16.5. The summed E-state index contributed by atoms with van der Waals surface area (Å²) in [5, 5.41) is 13.2. The number of amides is 1. The van der Waals surface area contributed by atoms with Crippen molar-refractivity contribution in [3.05, 3.63) is 102 Å². The van der Waals surface area contributed by atoms with E-state index in [1.807, 2.05) is 62.6 Å². The third-order valence-electron chi connectivity index (χ3n) is 7.17. The number of nitrogens with one attached hydrogen (secondary N) is 1. The van der Waals surface area contributed by atoms with Gasteiger partial charge in [-0.25, -0.2) is 4.98 Å². The van der Waals surface area contributed by atoms with E-state index in [1.54, 1.807) is 51.7 Å². The fourth-order valence-corrected chi connectivity index (χ4v) is 4.55. The van der Waals surface area contributed by atoms with Crippen molar-refractivity contribution in [1.29, 1.82) is 5.26 Å². The first-order valence-corrected chi connectivity index (χ1v) is 13.4. The van der Waals surface area contributed by atoms with Gasteiger partial charge in [0.1, 0.15) is 17.3 Å². The zero-order chi connectivity index (χ0) is 29.9. The van der Waals surface area contributed by atoms with E-state index in [1.165, 1.54) is 0 Å². The Bertz CT molecular complexity index is 1810. The second-order valence-electron chi connectivity index (χ2n) is 10.6. The van der Waals surface area contributed by atoms with Gasteiger partial charge in [0.25, 0.3) is 5.91 Å². The lowest BCUT2D eigenvalue weighted by Gasteiger charge is -2.19. The second-order valence-corrected chi connectivity index (χ2v) is 10.6. The van der Waals surface area contributed by atoms with Crippen LogP contribution in [0.15, 0.2) is 79.4 Å². The number of nitrogens with zero attached hydrogens (tertiary/aromatic N) is 6. The van der Waals surface area contributed by atoms with Gasteiger partial charge < -0.3 is 15.0 Å². The topological polar surface area (TPSA) is 117 Å². The molecule has 1 aromatic carbocycles. The van der Waals surface area contributed by atoms with Crippen molar-refractivity contribution in [3.8, 4) is 22.9 Å². The first-order chi connectivity index (χ1) is 20.2. The Balaban J connectivity index is 1.35. The number of aryl methyl sites for hydroxylation is 1. The van der Waals surface area contributed by atoms with Gasteiger partial charge in [-0.05, 0) is 68.3 Å². The van der Waals surface area contributed by atoms with E-state index >= 15 is 0 Å². The maximum atomic E-state index is 13.0. The average Bonchev–Trinajstić information content (AvgIpc) is 3.01. The first kappa shape index (κ1) is 28.2. The summed E-state index contributed by atoms with van der Waals surface area (Å²) in [6, 6.07) is 19.5. The summed E-state index contributed by atoms with van der Waals surface area (Å²) in [7, 11) is 3.65. The van der Waals surface area contributed by atoms with Gasteiger partial charge in [0.15, 0.2) is 0 Å². The molecule has 0 saturated carbocycles. The predicted octanol–water partition coefficient (Wildman–Crippen LogP) is 6.09. The van der Waals surface area contributed by atoms with Crippen LogP contribution in [0.25, 0.3) is 22.0 Å². The van der Waals surface area contributed by atoms with Gasteiger partial charge >= 0.3 is 0 Å². The Morgan fingerprint density at radius 2 is 1.79 bits per heavy atom. The lowest BCUT2D eigenvalue weighted by molar-refractivity contribution is 0.102. The number of carbonyl (C=O) groups excluding carboxylic acids is 1. The number of methoxy groups -OCH3 is 1. The van der Waals surface area contributed by atoms with Crippen molar-refractivity contribution in [1.82, 2.24) is 19.9 Å². The molecule has 5 aromatic rings. The van der Waals surface area contributed by atoms with Crippen LogP contribution in [0, 0.1) is 18.3 Å². The van der Waals surface area contributed by atoms with Gasteiger partial charge in [0, 0.05) is 60.5 Å². The number of ether oxygens (including phenoxy) is 1. The number of fused-ring (bicyclic) bond motifs is 1. The Morgan fingerprint density at radius 3 is 2.52 bits per heavy atom.